The van der Waals surface area contributed by atoms with E-state index in [0.29, 0.717) is 17.1 Å². The minimum Gasteiger partial charge on any atom is -0.398 e. The minimum absolute atomic E-state index is 0.208. The summed E-state index contributed by atoms with van der Waals surface area (Å²) >= 11 is 1.38. The minimum atomic E-state index is -3.48. The van der Waals surface area contributed by atoms with Gasteiger partial charge in [-0.3, -0.25) is 4.68 Å². The third kappa shape index (κ3) is 3.33. The number of anilines is 1. The molecule has 0 radical (unpaired) electrons. The number of aryl methyl sites for hydroxylation is 1. The van der Waals surface area contributed by atoms with E-state index in [4.69, 9.17) is 5.73 Å². The molecular formula is C12H16N4O2S2. The van der Waals surface area contributed by atoms with Gasteiger partial charge in [0, 0.05) is 30.4 Å². The first kappa shape index (κ1) is 14.9. The van der Waals surface area contributed by atoms with Crippen molar-refractivity contribution in [1.82, 2.24) is 14.5 Å². The van der Waals surface area contributed by atoms with Gasteiger partial charge >= 0.3 is 0 Å². The predicted molar refractivity (Wildman–Crippen MR) is 79.0 cm³/mol. The number of rotatable bonds is 5. The van der Waals surface area contributed by atoms with E-state index in [1.165, 1.54) is 17.8 Å². The zero-order valence-corrected chi connectivity index (χ0v) is 12.8. The molecule has 0 aliphatic heterocycles. The topological polar surface area (TPSA) is 90.0 Å². The Labute approximate surface area is 122 Å². The Morgan fingerprint density at radius 1 is 1.45 bits per heavy atom. The van der Waals surface area contributed by atoms with Crippen LogP contribution in [0.2, 0.25) is 0 Å². The number of sulfonamides is 1. The maximum Gasteiger partial charge on any atom is 0.240 e. The Bertz CT molecular complexity index is 710. The Kier molecular flexibility index (Phi) is 4.36. The van der Waals surface area contributed by atoms with Crippen molar-refractivity contribution in [2.45, 2.75) is 21.6 Å². The van der Waals surface area contributed by atoms with Gasteiger partial charge in [-0.2, -0.15) is 5.10 Å². The third-order valence-corrected chi connectivity index (χ3v) is 5.10. The summed E-state index contributed by atoms with van der Waals surface area (Å²) in [6.07, 6.45) is 3.55. The Morgan fingerprint density at radius 3 is 2.80 bits per heavy atom. The lowest BCUT2D eigenvalue weighted by atomic mass is 10.3. The van der Waals surface area contributed by atoms with Gasteiger partial charge in [-0.15, -0.1) is 0 Å². The lowest BCUT2D eigenvalue weighted by Gasteiger charge is -2.08. The second-order valence-corrected chi connectivity index (χ2v) is 7.04. The van der Waals surface area contributed by atoms with Gasteiger partial charge in [-0.1, -0.05) is 18.7 Å². The van der Waals surface area contributed by atoms with E-state index in [1.807, 2.05) is 13.2 Å². The van der Waals surface area contributed by atoms with E-state index in [0.717, 1.165) is 4.90 Å². The zero-order chi connectivity index (χ0) is 14.8. The maximum atomic E-state index is 12.0. The molecule has 8 heteroatoms. The molecule has 1 heterocycles. The smallest absolute Gasteiger partial charge is 0.240 e. The van der Waals surface area contributed by atoms with Crippen molar-refractivity contribution < 1.29 is 8.42 Å². The molecule has 0 aliphatic carbocycles. The molecule has 0 unspecified atom stereocenters. The number of nitrogens with zero attached hydrogens (tertiary/aromatic N) is 2. The van der Waals surface area contributed by atoms with E-state index < -0.39 is 10.0 Å². The molecule has 0 saturated heterocycles. The van der Waals surface area contributed by atoms with Crippen LogP contribution in [0.15, 0.2) is 45.3 Å². The molecule has 0 fully saturated rings. The van der Waals surface area contributed by atoms with Crippen LogP contribution in [-0.4, -0.2) is 24.7 Å². The van der Waals surface area contributed by atoms with Crippen LogP contribution in [-0.2, 0) is 17.1 Å². The average Bonchev–Trinajstić information content (AvgIpc) is 2.77. The first-order valence-corrected chi connectivity index (χ1v) is 8.28. The molecule has 20 heavy (non-hydrogen) atoms. The largest absolute Gasteiger partial charge is 0.398 e. The quantitative estimate of drug-likeness (QED) is 0.816. The Hall–Kier alpha value is -1.51. The molecule has 108 valence electrons. The van der Waals surface area contributed by atoms with Gasteiger partial charge in [-0.25, -0.2) is 13.1 Å². The van der Waals surface area contributed by atoms with Gasteiger partial charge < -0.3 is 5.73 Å². The molecule has 0 bridgehead atoms. The molecule has 0 amide bonds. The summed E-state index contributed by atoms with van der Waals surface area (Å²) in [6.45, 7) is 2.08. The van der Waals surface area contributed by atoms with Crippen LogP contribution in [0, 0.1) is 0 Å². The molecule has 0 saturated carbocycles. The fourth-order valence-corrected chi connectivity index (χ4v) is 3.69. The number of nitrogen functional groups attached to an aromatic ring is 1. The van der Waals surface area contributed by atoms with Gasteiger partial charge in [0.15, 0.2) is 0 Å². The van der Waals surface area contributed by atoms with Gasteiger partial charge in [0.05, 0.1) is 16.0 Å². The lowest BCUT2D eigenvalue weighted by molar-refractivity contribution is 0.583. The Morgan fingerprint density at radius 2 is 2.20 bits per heavy atom. The molecule has 1 aromatic heterocycles. The summed E-state index contributed by atoms with van der Waals surface area (Å²) in [5.41, 5.74) is 6.43. The van der Waals surface area contributed by atoms with Gasteiger partial charge in [0.2, 0.25) is 10.0 Å². The van der Waals surface area contributed by atoms with Crippen LogP contribution in [0.3, 0.4) is 0 Å². The molecule has 3 N–H and O–H groups in total. The van der Waals surface area contributed by atoms with Crippen LogP contribution < -0.4 is 10.5 Å². The van der Waals surface area contributed by atoms with E-state index in [-0.39, 0.29) is 4.90 Å². The normalized spacial score (nSPS) is 11.7. The second-order valence-electron chi connectivity index (χ2n) is 4.15. The van der Waals surface area contributed by atoms with Crippen molar-refractivity contribution in [2.75, 3.05) is 12.3 Å². The van der Waals surface area contributed by atoms with Gasteiger partial charge in [0.1, 0.15) is 0 Å². The molecule has 6 nitrogen and oxygen atoms in total. The predicted octanol–water partition coefficient (Wildman–Crippen LogP) is 1.45. The number of hydrogen-bond donors (Lipinski definition) is 2. The molecule has 1 aromatic carbocycles. The SMILES string of the molecule is CCNS(=O)(=O)c1ccc(N)c(Sc2cnn(C)c2)c1. The molecule has 2 aromatic rings. The molecule has 0 atom stereocenters. The standard InChI is InChI=1S/C12H16N4O2S2/c1-3-15-20(17,18)10-4-5-11(13)12(6-10)19-9-7-14-16(2)8-9/h4-8,15H,3,13H2,1-2H3. The van der Waals surface area contributed by atoms with E-state index >= 15 is 0 Å². The molecule has 2 rings (SSSR count). The summed E-state index contributed by atoms with van der Waals surface area (Å²) in [4.78, 5) is 1.80. The summed E-state index contributed by atoms with van der Waals surface area (Å²) in [5.74, 6) is 0. The summed E-state index contributed by atoms with van der Waals surface area (Å²) in [6, 6.07) is 4.68. The third-order valence-electron chi connectivity index (χ3n) is 2.54. The molecule has 0 spiro atoms. The van der Waals surface area contributed by atoms with E-state index in [1.54, 1.807) is 29.9 Å². The first-order valence-electron chi connectivity index (χ1n) is 5.98. The maximum absolute atomic E-state index is 12.0. The number of benzene rings is 1. The van der Waals surface area contributed by atoms with Crippen LogP contribution in [0.25, 0.3) is 0 Å². The van der Waals surface area contributed by atoms with Crippen molar-refractivity contribution in [1.29, 1.82) is 0 Å². The number of nitrogens with one attached hydrogen (secondary N) is 1. The van der Waals surface area contributed by atoms with Gasteiger partial charge in [0.25, 0.3) is 0 Å². The highest BCUT2D eigenvalue weighted by atomic mass is 32.2. The number of nitrogens with two attached hydrogens (primary N) is 1. The van der Waals surface area contributed by atoms with Crippen molar-refractivity contribution in [3.63, 3.8) is 0 Å². The first-order chi connectivity index (χ1) is 9.42. The van der Waals surface area contributed by atoms with Crippen LogP contribution >= 0.6 is 11.8 Å². The Balaban J connectivity index is 2.34. The highest BCUT2D eigenvalue weighted by Crippen LogP contribution is 2.33. The fraction of sp³-hybridized carbons (Fsp3) is 0.250. The van der Waals surface area contributed by atoms with Gasteiger partial charge in [-0.05, 0) is 18.2 Å². The van der Waals surface area contributed by atoms with Crippen LogP contribution in [0.1, 0.15) is 6.92 Å². The fourth-order valence-electron chi connectivity index (χ4n) is 1.62. The summed E-state index contributed by atoms with van der Waals surface area (Å²) < 4.78 is 28.1. The second kappa shape index (κ2) is 5.86. The monoisotopic (exact) mass is 312 g/mol. The number of hydrogen-bond acceptors (Lipinski definition) is 5. The summed E-state index contributed by atoms with van der Waals surface area (Å²) in [5, 5.41) is 4.07. The van der Waals surface area contributed by atoms with Crippen molar-refractivity contribution >= 4 is 27.5 Å². The van der Waals surface area contributed by atoms with E-state index in [9.17, 15) is 8.42 Å². The zero-order valence-electron chi connectivity index (χ0n) is 11.2. The molecule has 0 aliphatic rings. The highest BCUT2D eigenvalue weighted by Gasteiger charge is 2.15. The van der Waals surface area contributed by atoms with Crippen molar-refractivity contribution in [3.8, 4) is 0 Å². The lowest BCUT2D eigenvalue weighted by Crippen LogP contribution is -2.23. The molecular weight excluding hydrogens is 296 g/mol. The number of aromatic nitrogens is 2. The highest BCUT2D eigenvalue weighted by molar-refractivity contribution is 7.99. The summed E-state index contributed by atoms with van der Waals surface area (Å²) in [7, 11) is -1.66. The van der Waals surface area contributed by atoms with Crippen LogP contribution in [0.4, 0.5) is 5.69 Å². The average molecular weight is 312 g/mol. The van der Waals surface area contributed by atoms with E-state index in [2.05, 4.69) is 9.82 Å². The van der Waals surface area contributed by atoms with Crippen molar-refractivity contribution in [2.24, 2.45) is 7.05 Å². The van der Waals surface area contributed by atoms with Crippen molar-refractivity contribution in [3.05, 3.63) is 30.6 Å². The van der Waals surface area contributed by atoms with Crippen LogP contribution in [0.5, 0.6) is 0 Å².